The van der Waals surface area contributed by atoms with Crippen LogP contribution >= 0.6 is 0 Å². The van der Waals surface area contributed by atoms with Crippen molar-refractivity contribution in [3.8, 4) is 0 Å². The van der Waals surface area contributed by atoms with Gasteiger partial charge in [0.05, 0.1) is 13.1 Å². The fraction of sp³-hybridized carbons (Fsp3) is 0.467. The number of hydrogen-bond acceptors (Lipinski definition) is 6. The minimum Gasteiger partial charge on any atom is -0.343 e. The Morgan fingerprint density at radius 1 is 0.783 bits per heavy atom. The lowest BCUT2D eigenvalue weighted by atomic mass is 10.2. The van der Waals surface area contributed by atoms with Gasteiger partial charge in [0.2, 0.25) is 0 Å². The van der Waals surface area contributed by atoms with Gasteiger partial charge in [-0.3, -0.25) is 29.0 Å². The molecule has 122 valence electrons. The molecule has 8 heteroatoms. The standard InChI is InChI=1S/C15H16N2O6/c1-15(2)22-9(7-16-11(18)3-4-12(16)19)10(23-15)8-17-13(20)5-6-14(17)21/h3-6,9-10H,7-8H2,1-2H3/t9-,10-/m0/s1. The van der Waals surface area contributed by atoms with Crippen molar-refractivity contribution in [2.75, 3.05) is 13.1 Å². The molecule has 2 atom stereocenters. The zero-order valence-corrected chi connectivity index (χ0v) is 12.7. The lowest BCUT2D eigenvalue weighted by Crippen LogP contribution is -2.46. The summed E-state index contributed by atoms with van der Waals surface area (Å²) < 4.78 is 11.5. The first-order valence-electron chi connectivity index (χ1n) is 7.19. The number of hydrogen-bond donors (Lipinski definition) is 0. The third kappa shape index (κ3) is 2.95. The number of carbonyl (C=O) groups excluding carboxylic acids is 4. The molecule has 0 radical (unpaired) electrons. The molecule has 0 N–H and O–H groups in total. The zero-order chi connectivity index (χ0) is 16.8. The van der Waals surface area contributed by atoms with Crippen LogP contribution in [0.1, 0.15) is 13.8 Å². The van der Waals surface area contributed by atoms with E-state index in [1.807, 2.05) is 0 Å². The number of ether oxygens (including phenoxy) is 2. The molecule has 3 rings (SSSR count). The average molecular weight is 320 g/mol. The fourth-order valence-electron chi connectivity index (χ4n) is 2.80. The second-order valence-electron chi connectivity index (χ2n) is 5.95. The molecule has 0 spiro atoms. The summed E-state index contributed by atoms with van der Waals surface area (Å²) >= 11 is 0. The molecule has 0 aromatic heterocycles. The normalized spacial score (nSPS) is 29.5. The van der Waals surface area contributed by atoms with E-state index >= 15 is 0 Å². The summed E-state index contributed by atoms with van der Waals surface area (Å²) in [6, 6.07) is 0. The summed E-state index contributed by atoms with van der Waals surface area (Å²) in [6.45, 7) is 3.39. The quantitative estimate of drug-likeness (QED) is 0.640. The van der Waals surface area contributed by atoms with Gasteiger partial charge in [0.25, 0.3) is 23.6 Å². The van der Waals surface area contributed by atoms with Gasteiger partial charge in [-0.25, -0.2) is 0 Å². The zero-order valence-electron chi connectivity index (χ0n) is 12.7. The van der Waals surface area contributed by atoms with Crippen LogP contribution in [0.15, 0.2) is 24.3 Å². The predicted molar refractivity (Wildman–Crippen MR) is 75.5 cm³/mol. The number of nitrogens with zero attached hydrogens (tertiary/aromatic N) is 2. The van der Waals surface area contributed by atoms with Crippen LogP contribution in [-0.4, -0.2) is 64.5 Å². The Hall–Kier alpha value is -2.32. The summed E-state index contributed by atoms with van der Waals surface area (Å²) in [5.74, 6) is -2.61. The highest BCUT2D eigenvalue weighted by atomic mass is 16.8. The van der Waals surface area contributed by atoms with Crippen LogP contribution in [0.4, 0.5) is 0 Å². The van der Waals surface area contributed by atoms with Crippen molar-refractivity contribution >= 4 is 23.6 Å². The molecule has 0 aromatic carbocycles. The van der Waals surface area contributed by atoms with Crippen molar-refractivity contribution in [2.24, 2.45) is 0 Å². The van der Waals surface area contributed by atoms with Gasteiger partial charge in [-0.1, -0.05) is 0 Å². The number of imide groups is 2. The maximum Gasteiger partial charge on any atom is 0.253 e. The van der Waals surface area contributed by atoms with Crippen LogP contribution in [0.25, 0.3) is 0 Å². The van der Waals surface area contributed by atoms with E-state index in [1.165, 1.54) is 24.3 Å². The van der Waals surface area contributed by atoms with Crippen molar-refractivity contribution < 1.29 is 28.7 Å². The van der Waals surface area contributed by atoms with Gasteiger partial charge in [0.1, 0.15) is 12.2 Å². The van der Waals surface area contributed by atoms with Gasteiger partial charge in [-0.15, -0.1) is 0 Å². The van der Waals surface area contributed by atoms with E-state index in [9.17, 15) is 19.2 Å². The summed E-state index contributed by atoms with van der Waals surface area (Å²) in [4.78, 5) is 48.8. The molecule has 0 aromatic rings. The third-order valence-corrected chi connectivity index (χ3v) is 3.81. The third-order valence-electron chi connectivity index (χ3n) is 3.81. The van der Waals surface area contributed by atoms with Crippen molar-refractivity contribution in [3.63, 3.8) is 0 Å². The van der Waals surface area contributed by atoms with Crippen LogP contribution in [0, 0.1) is 0 Å². The van der Waals surface area contributed by atoms with Crippen molar-refractivity contribution in [1.29, 1.82) is 0 Å². The first kappa shape index (κ1) is 15.6. The second-order valence-corrected chi connectivity index (χ2v) is 5.95. The minimum atomic E-state index is -0.937. The van der Waals surface area contributed by atoms with Crippen molar-refractivity contribution in [1.82, 2.24) is 9.80 Å². The van der Waals surface area contributed by atoms with Crippen LogP contribution < -0.4 is 0 Å². The lowest BCUT2D eigenvalue weighted by Gasteiger charge is -2.24. The van der Waals surface area contributed by atoms with Gasteiger partial charge in [0, 0.05) is 24.3 Å². The molecule has 23 heavy (non-hydrogen) atoms. The summed E-state index contributed by atoms with van der Waals surface area (Å²) in [7, 11) is 0. The first-order chi connectivity index (χ1) is 10.8. The Morgan fingerprint density at radius 2 is 1.09 bits per heavy atom. The molecule has 1 saturated heterocycles. The number of amides is 4. The van der Waals surface area contributed by atoms with Gasteiger partial charge in [-0.2, -0.15) is 0 Å². The smallest absolute Gasteiger partial charge is 0.253 e. The molecule has 8 nitrogen and oxygen atoms in total. The lowest BCUT2D eigenvalue weighted by molar-refractivity contribution is -0.155. The highest BCUT2D eigenvalue weighted by Gasteiger charge is 2.45. The van der Waals surface area contributed by atoms with Crippen LogP contribution in [0.2, 0.25) is 0 Å². The molecule has 0 aliphatic carbocycles. The van der Waals surface area contributed by atoms with Gasteiger partial charge in [-0.05, 0) is 13.8 Å². The molecule has 3 aliphatic heterocycles. The Bertz CT molecular complexity index is 560. The molecule has 3 aliphatic rings. The topological polar surface area (TPSA) is 93.2 Å². The van der Waals surface area contributed by atoms with E-state index in [2.05, 4.69) is 0 Å². The van der Waals surface area contributed by atoms with Gasteiger partial charge >= 0.3 is 0 Å². The van der Waals surface area contributed by atoms with E-state index in [-0.39, 0.29) is 13.1 Å². The highest BCUT2D eigenvalue weighted by molar-refractivity contribution is 6.13. The maximum atomic E-state index is 11.7. The minimum absolute atomic E-state index is 0.00239. The summed E-state index contributed by atoms with van der Waals surface area (Å²) in [6.07, 6.45) is 3.51. The Morgan fingerprint density at radius 3 is 1.39 bits per heavy atom. The summed E-state index contributed by atoms with van der Waals surface area (Å²) in [5.41, 5.74) is 0. The summed E-state index contributed by atoms with van der Waals surface area (Å²) in [5, 5.41) is 0. The van der Waals surface area contributed by atoms with E-state index in [1.54, 1.807) is 13.8 Å². The van der Waals surface area contributed by atoms with Crippen molar-refractivity contribution in [2.45, 2.75) is 31.8 Å². The second kappa shape index (κ2) is 5.39. The molecule has 0 unspecified atom stereocenters. The van der Waals surface area contributed by atoms with Crippen LogP contribution in [-0.2, 0) is 28.7 Å². The number of carbonyl (C=O) groups is 4. The molecule has 1 fully saturated rings. The fourth-order valence-corrected chi connectivity index (χ4v) is 2.80. The van der Waals surface area contributed by atoms with E-state index in [0.29, 0.717) is 0 Å². The van der Waals surface area contributed by atoms with Crippen LogP contribution in [0.5, 0.6) is 0 Å². The number of rotatable bonds is 4. The molecule has 4 amide bonds. The Kier molecular flexibility index (Phi) is 3.65. The van der Waals surface area contributed by atoms with E-state index in [0.717, 1.165) is 9.80 Å². The molecule has 3 heterocycles. The first-order valence-corrected chi connectivity index (χ1v) is 7.19. The Balaban J connectivity index is 1.72. The monoisotopic (exact) mass is 320 g/mol. The van der Waals surface area contributed by atoms with Crippen LogP contribution in [0.3, 0.4) is 0 Å². The van der Waals surface area contributed by atoms with Gasteiger partial charge in [0.15, 0.2) is 5.79 Å². The largest absolute Gasteiger partial charge is 0.343 e. The SMILES string of the molecule is CC1(C)O[C@@H](CN2C(=O)C=CC2=O)[C@H](CN2C(=O)C=CC2=O)O1. The molecule has 0 saturated carbocycles. The molecular formula is C15H16N2O6. The molecular weight excluding hydrogens is 304 g/mol. The average Bonchev–Trinajstić information content (AvgIpc) is 3.05. The van der Waals surface area contributed by atoms with E-state index < -0.39 is 41.6 Å². The van der Waals surface area contributed by atoms with Gasteiger partial charge < -0.3 is 9.47 Å². The Labute approximate surface area is 132 Å². The predicted octanol–water partition coefficient (Wildman–Crippen LogP) is -0.643. The highest BCUT2D eigenvalue weighted by Crippen LogP contribution is 2.30. The van der Waals surface area contributed by atoms with E-state index in [4.69, 9.17) is 9.47 Å². The molecule has 0 bridgehead atoms. The van der Waals surface area contributed by atoms with Crippen molar-refractivity contribution in [3.05, 3.63) is 24.3 Å². The maximum absolute atomic E-state index is 11.7.